The van der Waals surface area contributed by atoms with E-state index in [0.717, 1.165) is 16.3 Å². The van der Waals surface area contributed by atoms with Gasteiger partial charge in [0.25, 0.3) is 0 Å². The van der Waals surface area contributed by atoms with Gasteiger partial charge in [0, 0.05) is 16.3 Å². The topological polar surface area (TPSA) is 64.1 Å². The lowest BCUT2D eigenvalue weighted by molar-refractivity contribution is 1.08. The van der Waals surface area contributed by atoms with Crippen molar-refractivity contribution in [3.8, 4) is 0 Å². The molecule has 2 rings (SSSR count). The van der Waals surface area contributed by atoms with E-state index in [1.165, 1.54) is 0 Å². The van der Waals surface area contributed by atoms with Crippen LogP contribution in [0.3, 0.4) is 0 Å². The molecule has 0 spiro atoms. The van der Waals surface area contributed by atoms with Crippen molar-refractivity contribution in [2.75, 3.05) is 11.1 Å². The van der Waals surface area contributed by atoms with Crippen LogP contribution in [0, 0.1) is 0 Å². The van der Waals surface area contributed by atoms with E-state index in [1.54, 1.807) is 11.8 Å². The highest BCUT2D eigenvalue weighted by Gasteiger charge is 2.16. The first-order valence-corrected chi connectivity index (χ1v) is 4.22. The summed E-state index contributed by atoms with van der Waals surface area (Å²) in [6.07, 6.45) is 0. The van der Waals surface area contributed by atoms with Crippen molar-refractivity contribution in [3.63, 3.8) is 0 Å². The third kappa shape index (κ3) is 1.15. The summed E-state index contributed by atoms with van der Waals surface area (Å²) in [5.74, 6) is 0. The van der Waals surface area contributed by atoms with Gasteiger partial charge in [0.15, 0.2) is 0 Å². The Morgan fingerprint density at radius 3 is 3.09 bits per heavy atom. The third-order valence-corrected chi connectivity index (χ3v) is 2.52. The molecule has 1 aromatic carbocycles. The van der Waals surface area contributed by atoms with Crippen LogP contribution in [0.4, 0.5) is 11.4 Å². The monoisotopic (exact) mass is 167 g/mol. The van der Waals surface area contributed by atoms with Gasteiger partial charge in [0.05, 0.1) is 0 Å². The molecule has 0 bridgehead atoms. The largest absolute Gasteiger partial charge is 0.399 e. The van der Waals surface area contributed by atoms with Crippen molar-refractivity contribution < 1.29 is 0 Å². The van der Waals surface area contributed by atoms with Gasteiger partial charge < -0.3 is 16.8 Å². The summed E-state index contributed by atoms with van der Waals surface area (Å²) < 4.78 is 0. The van der Waals surface area contributed by atoms with Gasteiger partial charge in [-0.3, -0.25) is 0 Å². The van der Waals surface area contributed by atoms with Crippen LogP contribution in [0.1, 0.15) is 0 Å². The maximum atomic E-state index is 5.65. The van der Waals surface area contributed by atoms with Gasteiger partial charge in [0.1, 0.15) is 5.50 Å². The predicted octanol–water partition coefficient (Wildman–Crippen LogP) is 1.03. The molecule has 0 saturated carbocycles. The Labute approximate surface area is 69.1 Å². The molecule has 0 fully saturated rings. The Balaban J connectivity index is 2.43. The predicted molar refractivity (Wildman–Crippen MR) is 48.3 cm³/mol. The summed E-state index contributed by atoms with van der Waals surface area (Å²) in [7, 11) is 0. The van der Waals surface area contributed by atoms with Gasteiger partial charge in [-0.2, -0.15) is 0 Å². The standard InChI is InChI=1S/C7H9N3S/c8-4-1-2-5-6(3-4)11-7(9)10-5/h1-3,7,10H,8-9H2. The molecule has 1 unspecified atom stereocenters. The van der Waals surface area contributed by atoms with Crippen molar-refractivity contribution >= 4 is 23.1 Å². The molecular formula is C7H9N3S. The Morgan fingerprint density at radius 2 is 2.27 bits per heavy atom. The first kappa shape index (κ1) is 6.82. The second-order valence-corrected chi connectivity index (χ2v) is 3.62. The summed E-state index contributed by atoms with van der Waals surface area (Å²) in [4.78, 5) is 1.14. The highest BCUT2D eigenvalue weighted by Crippen LogP contribution is 2.37. The SMILES string of the molecule is Nc1ccc2c(c1)SC(N)N2. The molecule has 5 N–H and O–H groups in total. The Morgan fingerprint density at radius 1 is 1.45 bits per heavy atom. The number of nitrogens with two attached hydrogens (primary N) is 2. The van der Waals surface area contributed by atoms with Crippen LogP contribution < -0.4 is 16.8 Å². The molecule has 1 aliphatic rings. The number of rotatable bonds is 0. The molecule has 0 amide bonds. The molecule has 1 heterocycles. The molecule has 4 heteroatoms. The van der Waals surface area contributed by atoms with E-state index in [2.05, 4.69) is 5.32 Å². The minimum absolute atomic E-state index is 0.0215. The second-order valence-electron chi connectivity index (χ2n) is 2.44. The van der Waals surface area contributed by atoms with E-state index >= 15 is 0 Å². The zero-order valence-corrected chi connectivity index (χ0v) is 6.69. The van der Waals surface area contributed by atoms with Crippen molar-refractivity contribution in [1.82, 2.24) is 0 Å². The first-order valence-electron chi connectivity index (χ1n) is 3.34. The maximum absolute atomic E-state index is 5.65. The molecule has 1 aliphatic heterocycles. The molecule has 58 valence electrons. The fraction of sp³-hybridized carbons (Fsp3) is 0.143. The zero-order chi connectivity index (χ0) is 7.84. The molecule has 0 saturated heterocycles. The summed E-state index contributed by atoms with van der Waals surface area (Å²) in [6, 6.07) is 5.74. The van der Waals surface area contributed by atoms with E-state index in [4.69, 9.17) is 11.5 Å². The van der Waals surface area contributed by atoms with Crippen molar-refractivity contribution in [3.05, 3.63) is 18.2 Å². The van der Waals surface area contributed by atoms with Crippen LogP contribution in [0.2, 0.25) is 0 Å². The summed E-state index contributed by atoms with van der Waals surface area (Å²) >= 11 is 1.59. The summed E-state index contributed by atoms with van der Waals surface area (Å²) in [5, 5.41) is 3.11. The van der Waals surface area contributed by atoms with E-state index in [1.807, 2.05) is 18.2 Å². The summed E-state index contributed by atoms with van der Waals surface area (Å²) in [5.41, 5.74) is 13.1. The molecule has 1 aromatic rings. The molecule has 1 atom stereocenters. The number of thioether (sulfide) groups is 1. The van der Waals surface area contributed by atoms with Crippen LogP contribution in [-0.4, -0.2) is 5.50 Å². The van der Waals surface area contributed by atoms with Gasteiger partial charge in [-0.1, -0.05) is 11.8 Å². The lowest BCUT2D eigenvalue weighted by Gasteiger charge is -1.99. The first-order chi connectivity index (χ1) is 5.25. The van der Waals surface area contributed by atoms with Crippen molar-refractivity contribution in [2.24, 2.45) is 5.73 Å². The smallest absolute Gasteiger partial charge is 0.127 e. The van der Waals surface area contributed by atoms with Gasteiger partial charge in [-0.05, 0) is 18.2 Å². The van der Waals surface area contributed by atoms with Crippen LogP contribution in [-0.2, 0) is 0 Å². The molecule has 0 radical (unpaired) electrons. The quantitative estimate of drug-likeness (QED) is 0.505. The van der Waals surface area contributed by atoms with Gasteiger partial charge in [0.2, 0.25) is 0 Å². The average Bonchev–Trinajstić information content (AvgIpc) is 2.27. The molecular weight excluding hydrogens is 158 g/mol. The lowest BCUT2D eigenvalue weighted by atomic mass is 10.3. The van der Waals surface area contributed by atoms with Gasteiger partial charge in [-0.15, -0.1) is 0 Å². The number of hydrogen-bond acceptors (Lipinski definition) is 4. The van der Waals surface area contributed by atoms with Gasteiger partial charge in [-0.25, -0.2) is 0 Å². The zero-order valence-electron chi connectivity index (χ0n) is 5.87. The van der Waals surface area contributed by atoms with Gasteiger partial charge >= 0.3 is 0 Å². The van der Waals surface area contributed by atoms with Crippen LogP contribution in [0.5, 0.6) is 0 Å². The van der Waals surface area contributed by atoms with Crippen LogP contribution in [0.25, 0.3) is 0 Å². The van der Waals surface area contributed by atoms with E-state index in [-0.39, 0.29) is 5.50 Å². The maximum Gasteiger partial charge on any atom is 0.127 e. The highest BCUT2D eigenvalue weighted by molar-refractivity contribution is 8.00. The Hall–Kier alpha value is -0.870. The Kier molecular flexibility index (Phi) is 1.44. The molecule has 0 aliphatic carbocycles. The molecule has 11 heavy (non-hydrogen) atoms. The lowest BCUT2D eigenvalue weighted by Crippen LogP contribution is -2.20. The minimum Gasteiger partial charge on any atom is -0.399 e. The molecule has 3 nitrogen and oxygen atoms in total. The highest BCUT2D eigenvalue weighted by atomic mass is 32.2. The molecule has 0 aromatic heterocycles. The van der Waals surface area contributed by atoms with Crippen LogP contribution in [0.15, 0.2) is 23.1 Å². The fourth-order valence-corrected chi connectivity index (χ4v) is 1.99. The van der Waals surface area contributed by atoms with Crippen molar-refractivity contribution in [2.45, 2.75) is 10.4 Å². The summed E-state index contributed by atoms with van der Waals surface area (Å²) in [6.45, 7) is 0. The fourth-order valence-electron chi connectivity index (χ4n) is 1.08. The van der Waals surface area contributed by atoms with E-state index in [9.17, 15) is 0 Å². The normalized spacial score (nSPS) is 21.0. The number of fused-ring (bicyclic) bond motifs is 1. The number of anilines is 2. The second kappa shape index (κ2) is 2.32. The number of nitrogen functional groups attached to an aromatic ring is 1. The third-order valence-electron chi connectivity index (χ3n) is 1.56. The number of benzene rings is 1. The van der Waals surface area contributed by atoms with Crippen molar-refractivity contribution in [1.29, 1.82) is 0 Å². The average molecular weight is 167 g/mol. The number of nitrogens with one attached hydrogen (secondary N) is 1. The van der Waals surface area contributed by atoms with E-state index in [0.29, 0.717) is 0 Å². The Bertz CT molecular complexity index is 287. The van der Waals surface area contributed by atoms with E-state index < -0.39 is 0 Å². The minimum atomic E-state index is -0.0215. The van der Waals surface area contributed by atoms with Crippen LogP contribution >= 0.6 is 11.8 Å². The number of hydrogen-bond donors (Lipinski definition) is 3.